The summed E-state index contributed by atoms with van der Waals surface area (Å²) in [7, 11) is 0. The molecule has 6 nitrogen and oxygen atoms in total. The summed E-state index contributed by atoms with van der Waals surface area (Å²) in [6.45, 7) is 0.211. The summed E-state index contributed by atoms with van der Waals surface area (Å²) >= 11 is 5.47. The van der Waals surface area contributed by atoms with Crippen LogP contribution in [0.2, 0.25) is 5.15 Å². The standard InChI is InChI=1S/C17H18ClFN2O4/c18-16-13(19)8-12(9-21-16)15(23)14(22)6-7-20-17(24)25-10-11-4-2-1-3-5-11/h1-5,8-9,14-15,22-23H,6-7,10H2,(H,20,24). The number of rotatable bonds is 7. The Kier molecular flexibility index (Phi) is 7.12. The number of hydrogen-bond acceptors (Lipinski definition) is 5. The van der Waals surface area contributed by atoms with Gasteiger partial charge in [0.05, 0.1) is 6.10 Å². The van der Waals surface area contributed by atoms with Crippen LogP contribution in [0.25, 0.3) is 0 Å². The number of halogens is 2. The molecule has 0 aliphatic carbocycles. The lowest BCUT2D eigenvalue weighted by Gasteiger charge is -2.18. The minimum atomic E-state index is -1.35. The van der Waals surface area contributed by atoms with Gasteiger partial charge >= 0.3 is 6.09 Å². The van der Waals surface area contributed by atoms with E-state index in [1.807, 2.05) is 30.3 Å². The van der Waals surface area contributed by atoms with Crippen molar-refractivity contribution in [2.24, 2.45) is 0 Å². The molecule has 2 atom stereocenters. The second kappa shape index (κ2) is 9.31. The second-order valence-corrected chi connectivity index (χ2v) is 5.69. The molecule has 0 aliphatic heterocycles. The van der Waals surface area contributed by atoms with Crippen molar-refractivity contribution in [3.05, 3.63) is 64.7 Å². The third-order valence-electron chi connectivity index (χ3n) is 3.45. The highest BCUT2D eigenvalue weighted by atomic mass is 35.5. The summed E-state index contributed by atoms with van der Waals surface area (Å²) < 4.78 is 18.3. The van der Waals surface area contributed by atoms with Crippen molar-refractivity contribution in [3.63, 3.8) is 0 Å². The molecule has 0 spiro atoms. The third-order valence-corrected chi connectivity index (χ3v) is 3.72. The SMILES string of the molecule is O=C(NCCC(O)C(O)c1cnc(Cl)c(F)c1)OCc1ccccc1. The molecule has 1 aromatic carbocycles. The average Bonchev–Trinajstić information content (AvgIpc) is 2.62. The topological polar surface area (TPSA) is 91.7 Å². The highest BCUT2D eigenvalue weighted by molar-refractivity contribution is 6.29. The molecule has 2 rings (SSSR count). The van der Waals surface area contributed by atoms with Crippen molar-refractivity contribution < 1.29 is 24.1 Å². The van der Waals surface area contributed by atoms with Crippen molar-refractivity contribution >= 4 is 17.7 Å². The van der Waals surface area contributed by atoms with Crippen LogP contribution >= 0.6 is 11.6 Å². The Hall–Kier alpha value is -2.22. The minimum Gasteiger partial charge on any atom is -0.445 e. The Morgan fingerprint density at radius 3 is 2.72 bits per heavy atom. The van der Waals surface area contributed by atoms with Crippen LogP contribution in [0.1, 0.15) is 23.7 Å². The predicted molar refractivity (Wildman–Crippen MR) is 89.4 cm³/mol. The first-order valence-corrected chi connectivity index (χ1v) is 7.97. The molecule has 0 saturated carbocycles. The average molecular weight is 369 g/mol. The maximum absolute atomic E-state index is 13.3. The van der Waals surface area contributed by atoms with E-state index >= 15 is 0 Å². The first kappa shape index (κ1) is 19.1. The van der Waals surface area contributed by atoms with Crippen LogP contribution < -0.4 is 5.32 Å². The van der Waals surface area contributed by atoms with Gasteiger partial charge in [-0.2, -0.15) is 0 Å². The Balaban J connectivity index is 1.72. The molecular weight excluding hydrogens is 351 g/mol. The van der Waals surface area contributed by atoms with Gasteiger partial charge in [0, 0.05) is 18.3 Å². The minimum absolute atomic E-state index is 0.0475. The third kappa shape index (κ3) is 5.97. The number of carbonyl (C=O) groups is 1. The van der Waals surface area contributed by atoms with E-state index in [1.54, 1.807) is 0 Å². The van der Waals surface area contributed by atoms with Gasteiger partial charge in [-0.25, -0.2) is 14.2 Å². The van der Waals surface area contributed by atoms with Crippen LogP contribution in [0, 0.1) is 5.82 Å². The number of nitrogens with zero attached hydrogens (tertiary/aromatic N) is 1. The molecule has 0 bridgehead atoms. The molecule has 3 N–H and O–H groups in total. The number of benzene rings is 1. The summed E-state index contributed by atoms with van der Waals surface area (Å²) in [5.41, 5.74) is 0.950. The fourth-order valence-electron chi connectivity index (χ4n) is 2.07. The van der Waals surface area contributed by atoms with Crippen LogP contribution in [0.15, 0.2) is 42.6 Å². The number of nitrogens with one attached hydrogen (secondary N) is 1. The summed E-state index contributed by atoms with van der Waals surface area (Å²) in [5, 5.41) is 22.1. The highest BCUT2D eigenvalue weighted by Crippen LogP contribution is 2.21. The van der Waals surface area contributed by atoms with Crippen LogP contribution in [-0.4, -0.2) is 33.9 Å². The molecule has 1 heterocycles. The number of hydrogen-bond donors (Lipinski definition) is 3. The van der Waals surface area contributed by atoms with Crippen molar-refractivity contribution in [1.29, 1.82) is 0 Å². The van der Waals surface area contributed by atoms with E-state index in [1.165, 1.54) is 6.20 Å². The molecule has 2 aromatic rings. The fourth-order valence-corrected chi connectivity index (χ4v) is 2.18. The van der Waals surface area contributed by atoms with Crippen molar-refractivity contribution in [3.8, 4) is 0 Å². The zero-order valence-electron chi connectivity index (χ0n) is 13.2. The molecule has 1 amide bonds. The number of aliphatic hydroxyl groups excluding tert-OH is 2. The lowest BCUT2D eigenvalue weighted by Crippen LogP contribution is -2.29. The molecule has 25 heavy (non-hydrogen) atoms. The summed E-state index contributed by atoms with van der Waals surface area (Å²) in [6, 6.07) is 10.2. The van der Waals surface area contributed by atoms with Crippen LogP contribution in [0.4, 0.5) is 9.18 Å². The molecule has 8 heteroatoms. The molecule has 0 saturated heterocycles. The summed E-state index contributed by atoms with van der Waals surface area (Å²) in [4.78, 5) is 15.1. The molecule has 1 aromatic heterocycles. The van der Waals surface area contributed by atoms with E-state index in [0.29, 0.717) is 0 Å². The van der Waals surface area contributed by atoms with Gasteiger partial charge in [0.1, 0.15) is 12.7 Å². The van der Waals surface area contributed by atoms with Gasteiger partial charge in [-0.05, 0) is 18.1 Å². The largest absolute Gasteiger partial charge is 0.445 e. The maximum atomic E-state index is 13.3. The zero-order valence-corrected chi connectivity index (χ0v) is 14.0. The Labute approximate surface area is 149 Å². The van der Waals surface area contributed by atoms with Crippen molar-refractivity contribution in [2.75, 3.05) is 6.54 Å². The quantitative estimate of drug-likeness (QED) is 0.653. The van der Waals surface area contributed by atoms with E-state index in [0.717, 1.165) is 11.6 Å². The summed E-state index contributed by atoms with van der Waals surface area (Å²) in [6.07, 6.45) is -1.96. The van der Waals surface area contributed by atoms with E-state index in [-0.39, 0.29) is 30.3 Å². The van der Waals surface area contributed by atoms with E-state index in [9.17, 15) is 19.4 Å². The maximum Gasteiger partial charge on any atom is 0.407 e. The van der Waals surface area contributed by atoms with Gasteiger partial charge in [0.15, 0.2) is 11.0 Å². The number of pyridine rings is 1. The van der Waals surface area contributed by atoms with E-state index < -0.39 is 24.1 Å². The van der Waals surface area contributed by atoms with Gasteiger partial charge < -0.3 is 20.3 Å². The molecular formula is C17H18ClFN2O4. The molecule has 2 unspecified atom stereocenters. The Bertz CT molecular complexity index is 702. The van der Waals surface area contributed by atoms with Gasteiger partial charge in [-0.3, -0.25) is 0 Å². The predicted octanol–water partition coefficient (Wildman–Crippen LogP) is 2.58. The smallest absolute Gasteiger partial charge is 0.407 e. The monoisotopic (exact) mass is 368 g/mol. The van der Waals surface area contributed by atoms with Crippen LogP contribution in [0.5, 0.6) is 0 Å². The molecule has 0 aliphatic rings. The number of aromatic nitrogens is 1. The Morgan fingerprint density at radius 2 is 2.04 bits per heavy atom. The Morgan fingerprint density at radius 1 is 1.32 bits per heavy atom. The molecule has 0 fully saturated rings. The number of carbonyl (C=O) groups excluding carboxylic acids is 1. The van der Waals surface area contributed by atoms with Crippen molar-refractivity contribution in [2.45, 2.75) is 25.2 Å². The number of alkyl carbamates (subject to hydrolysis) is 1. The number of ether oxygens (including phenoxy) is 1. The fraction of sp³-hybridized carbons (Fsp3) is 0.294. The van der Waals surface area contributed by atoms with Crippen LogP contribution in [0.3, 0.4) is 0 Å². The second-order valence-electron chi connectivity index (χ2n) is 5.33. The van der Waals surface area contributed by atoms with Crippen molar-refractivity contribution in [1.82, 2.24) is 10.3 Å². The lowest BCUT2D eigenvalue weighted by atomic mass is 10.0. The first-order chi connectivity index (χ1) is 12.0. The van der Waals surface area contributed by atoms with Gasteiger partial charge in [0.2, 0.25) is 0 Å². The summed E-state index contributed by atoms with van der Waals surface area (Å²) in [5.74, 6) is -0.784. The molecule has 0 radical (unpaired) electrons. The van der Waals surface area contributed by atoms with Gasteiger partial charge in [-0.15, -0.1) is 0 Å². The normalized spacial score (nSPS) is 13.1. The van der Waals surface area contributed by atoms with Gasteiger partial charge in [0.25, 0.3) is 0 Å². The highest BCUT2D eigenvalue weighted by Gasteiger charge is 2.20. The number of aliphatic hydroxyl groups is 2. The van der Waals surface area contributed by atoms with E-state index in [4.69, 9.17) is 16.3 Å². The molecule has 134 valence electrons. The number of amides is 1. The zero-order chi connectivity index (χ0) is 18.2. The van der Waals surface area contributed by atoms with E-state index in [2.05, 4.69) is 10.3 Å². The lowest BCUT2D eigenvalue weighted by molar-refractivity contribution is 0.0133. The van der Waals surface area contributed by atoms with Crippen LogP contribution in [-0.2, 0) is 11.3 Å². The van der Waals surface area contributed by atoms with Gasteiger partial charge in [-0.1, -0.05) is 41.9 Å². The first-order valence-electron chi connectivity index (χ1n) is 7.59.